The summed E-state index contributed by atoms with van der Waals surface area (Å²) in [5.74, 6) is 4.49. The van der Waals surface area contributed by atoms with Crippen LogP contribution in [0.1, 0.15) is 71.1 Å². The summed E-state index contributed by atoms with van der Waals surface area (Å²) in [5.41, 5.74) is 3.06. The van der Waals surface area contributed by atoms with Crippen LogP contribution in [0, 0.1) is 0 Å². The molecule has 0 fully saturated rings. The third-order valence-electron chi connectivity index (χ3n) is 9.82. The van der Waals surface area contributed by atoms with Crippen LogP contribution in [0.3, 0.4) is 0 Å². The minimum absolute atomic E-state index is 0.432. The first-order valence-corrected chi connectivity index (χ1v) is 31.2. The molecule has 3 rings (SSSR count). The quantitative estimate of drug-likeness (QED) is 0.0228. The van der Waals surface area contributed by atoms with Gasteiger partial charge in [0.1, 0.15) is 60.9 Å². The molecule has 0 aliphatic heterocycles. The molecule has 0 saturated heterocycles. The molecule has 76 heavy (non-hydrogen) atoms. The molecule has 0 atom stereocenters. The molecule has 0 aliphatic carbocycles. The predicted octanol–water partition coefficient (Wildman–Crippen LogP) is 12.2. The third-order valence-corrected chi connectivity index (χ3v) is 16.8. The van der Waals surface area contributed by atoms with Crippen LogP contribution in [0.4, 0.5) is 0 Å². The molecule has 0 N–H and O–H groups in total. The average Bonchev–Trinajstić information content (AvgIpc) is 3.42. The maximum Gasteiger partial charge on any atom is 0.501 e. The van der Waals surface area contributed by atoms with E-state index in [-0.39, 0.29) is 0 Å². The van der Waals surface area contributed by atoms with Crippen LogP contribution >= 0.6 is 15.9 Å². The topological polar surface area (TPSA) is 148 Å². The second-order valence-electron chi connectivity index (χ2n) is 15.9. The van der Waals surface area contributed by atoms with Crippen LogP contribution in [0.25, 0.3) is 0 Å². The highest BCUT2D eigenvalue weighted by Crippen LogP contribution is 2.28. The molecule has 0 unspecified atom stereocenters. The molecule has 3 aromatic carbocycles. The van der Waals surface area contributed by atoms with Crippen LogP contribution in [0.2, 0.25) is 12.1 Å². The number of rotatable bonds is 45. The van der Waals surface area contributed by atoms with Gasteiger partial charge in [0.2, 0.25) is 0 Å². The Morgan fingerprint density at radius 2 is 0.658 bits per heavy atom. The fourth-order valence-electron chi connectivity index (χ4n) is 6.88. The SMILES string of the molecule is C=CCOc1cc(CBr)cc(OCC=C)c1.C=CCOc1cc(COCCOC)cc(OCC=C)c1.CCO[Si](CCCOc1cc(COCCOC)cc(OCCC[Si](OCC)(OCC)OCC)c1)(OCC)OCC. The van der Waals surface area contributed by atoms with E-state index in [0.717, 1.165) is 69.4 Å². The maximum absolute atomic E-state index is 6.14. The zero-order valence-corrected chi connectivity index (χ0v) is 50.6. The maximum atomic E-state index is 6.14. The van der Waals surface area contributed by atoms with Gasteiger partial charge in [-0.25, -0.2) is 0 Å². The van der Waals surface area contributed by atoms with Crippen LogP contribution in [-0.4, -0.2) is 138 Å². The summed E-state index contributed by atoms with van der Waals surface area (Å²) in [6.07, 6.45) is 8.32. The Labute approximate surface area is 466 Å². The standard InChI is InChI=1S/C28H54O10Si2.C16H22O4.C13H15BrO2/c1-8-33-39(34-9-2,35-10-3)20-14-16-31-27-22-26(25-30-19-18-29-7)23-28(24-27)32-17-15-21-40(36-11-4,37-12-5)38-13-6;1-4-6-19-15-10-14(13-18-9-8-17-3)11-16(12-15)20-7-5-2;1-3-5-15-12-7-11(10-14)8-13(9-12)16-6-4-2/h22-24H,8-21,25H2,1-7H3;4-5,10-12H,1-2,6-9,13H2,3H3;3-4,7-9H,1-2,5-6,10H2. The molecular weight excluding hydrogens is 1080 g/mol. The lowest BCUT2D eigenvalue weighted by atomic mass is 10.2. The summed E-state index contributed by atoms with van der Waals surface area (Å²) in [6.45, 7) is 35.6. The predicted molar refractivity (Wildman–Crippen MR) is 309 cm³/mol. The van der Waals surface area contributed by atoms with Gasteiger partial charge in [-0.15, -0.1) is 0 Å². The van der Waals surface area contributed by atoms with Gasteiger partial charge in [-0.2, -0.15) is 0 Å². The molecule has 430 valence electrons. The van der Waals surface area contributed by atoms with E-state index < -0.39 is 17.6 Å². The summed E-state index contributed by atoms with van der Waals surface area (Å²) in [6, 6.07) is 18.8. The Kier molecular flexibility index (Phi) is 42.2. The van der Waals surface area contributed by atoms with Crippen LogP contribution in [0.15, 0.2) is 105 Å². The highest BCUT2D eigenvalue weighted by atomic mass is 79.9. The molecule has 19 heteroatoms. The Morgan fingerprint density at radius 3 is 0.908 bits per heavy atom. The van der Waals surface area contributed by atoms with E-state index in [0.29, 0.717) is 131 Å². The first kappa shape index (κ1) is 69.9. The molecule has 0 radical (unpaired) electrons. The van der Waals surface area contributed by atoms with Crippen molar-refractivity contribution in [3.63, 3.8) is 0 Å². The lowest BCUT2D eigenvalue weighted by molar-refractivity contribution is 0.0614. The summed E-state index contributed by atoms with van der Waals surface area (Å²) in [4.78, 5) is 0. The van der Waals surface area contributed by atoms with Crippen molar-refractivity contribution in [2.24, 2.45) is 0 Å². The van der Waals surface area contributed by atoms with Gasteiger partial charge in [-0.3, -0.25) is 0 Å². The molecule has 0 spiro atoms. The highest BCUT2D eigenvalue weighted by molar-refractivity contribution is 9.08. The van der Waals surface area contributed by atoms with E-state index in [4.69, 9.17) is 73.9 Å². The van der Waals surface area contributed by atoms with E-state index in [1.165, 1.54) is 0 Å². The summed E-state index contributed by atoms with van der Waals surface area (Å²) in [5, 5.41) is 0.767. The number of alkyl halides is 1. The number of methoxy groups -OCH3 is 2. The van der Waals surface area contributed by atoms with E-state index in [2.05, 4.69) is 42.2 Å². The zero-order valence-electron chi connectivity index (χ0n) is 47.0. The number of benzene rings is 3. The van der Waals surface area contributed by atoms with Crippen molar-refractivity contribution in [1.82, 2.24) is 0 Å². The highest BCUT2D eigenvalue weighted by Gasteiger charge is 2.40. The molecule has 0 saturated carbocycles. The van der Waals surface area contributed by atoms with Gasteiger partial charge < -0.3 is 73.9 Å². The molecule has 0 aliphatic rings. The number of hydrogen-bond donors (Lipinski definition) is 0. The molecule has 0 amide bonds. The first-order valence-electron chi connectivity index (χ1n) is 26.2. The minimum Gasteiger partial charge on any atom is -0.493 e. The van der Waals surface area contributed by atoms with Crippen molar-refractivity contribution in [1.29, 1.82) is 0 Å². The molecule has 0 aromatic heterocycles. The van der Waals surface area contributed by atoms with Crippen molar-refractivity contribution in [3.05, 3.63) is 122 Å². The summed E-state index contributed by atoms with van der Waals surface area (Å²) >= 11 is 3.41. The second-order valence-corrected chi connectivity index (χ2v) is 22.0. The molecule has 16 nitrogen and oxygen atoms in total. The van der Waals surface area contributed by atoms with Gasteiger partial charge in [-0.05, 0) is 107 Å². The smallest absolute Gasteiger partial charge is 0.493 e. The van der Waals surface area contributed by atoms with Gasteiger partial charge in [0.25, 0.3) is 0 Å². The summed E-state index contributed by atoms with van der Waals surface area (Å²) in [7, 11) is -2.10. The minimum atomic E-state index is -2.70. The van der Waals surface area contributed by atoms with Gasteiger partial charge in [-0.1, -0.05) is 66.5 Å². The number of hydrogen-bond acceptors (Lipinski definition) is 16. The second kappa shape index (κ2) is 45.9. The average molecular weight is 1170 g/mol. The van der Waals surface area contributed by atoms with Crippen molar-refractivity contribution >= 4 is 33.5 Å². The van der Waals surface area contributed by atoms with Crippen LogP contribution < -0.4 is 28.4 Å². The van der Waals surface area contributed by atoms with Crippen molar-refractivity contribution in [2.75, 3.05) is 120 Å². The van der Waals surface area contributed by atoms with Gasteiger partial charge in [0.05, 0.1) is 52.9 Å². The normalized spacial score (nSPS) is 11.1. The molecular formula is C57H91BrO16Si2. The zero-order chi connectivity index (χ0) is 56.0. The Bertz CT molecular complexity index is 1810. The fraction of sp³-hybridized carbons (Fsp3) is 0.544. The number of halogens is 1. The molecule has 3 aromatic rings. The molecule has 0 bridgehead atoms. The summed E-state index contributed by atoms with van der Waals surface area (Å²) < 4.78 is 91.3. The van der Waals surface area contributed by atoms with Crippen molar-refractivity contribution < 1.29 is 73.9 Å². The Balaban J connectivity index is 0.000000659. The Hall–Kier alpha value is -4.07. The van der Waals surface area contributed by atoms with E-state index >= 15 is 0 Å². The monoisotopic (exact) mass is 1170 g/mol. The van der Waals surface area contributed by atoms with Crippen LogP contribution in [0.5, 0.6) is 34.5 Å². The van der Waals surface area contributed by atoms with Crippen molar-refractivity contribution in [2.45, 2.75) is 85.0 Å². The van der Waals surface area contributed by atoms with Gasteiger partial charge in [0, 0.05) is 89.5 Å². The number of ether oxygens (including phenoxy) is 10. The van der Waals surface area contributed by atoms with Gasteiger partial charge >= 0.3 is 17.6 Å². The van der Waals surface area contributed by atoms with Gasteiger partial charge in [0.15, 0.2) is 0 Å². The van der Waals surface area contributed by atoms with E-state index in [1.54, 1.807) is 38.5 Å². The fourth-order valence-corrected chi connectivity index (χ4v) is 12.4. The van der Waals surface area contributed by atoms with Crippen molar-refractivity contribution in [3.8, 4) is 34.5 Å². The third kappa shape index (κ3) is 32.0. The van der Waals surface area contributed by atoms with E-state index in [9.17, 15) is 0 Å². The molecule has 0 heterocycles. The van der Waals surface area contributed by atoms with E-state index in [1.807, 2.05) is 96.1 Å². The largest absolute Gasteiger partial charge is 0.501 e. The lowest BCUT2D eigenvalue weighted by Gasteiger charge is -2.28. The Morgan fingerprint density at radius 1 is 0.382 bits per heavy atom. The van der Waals surface area contributed by atoms with Crippen LogP contribution in [-0.2, 0) is 64.0 Å². The first-order chi connectivity index (χ1) is 37.0. The lowest BCUT2D eigenvalue weighted by Crippen LogP contribution is -2.46.